The molecule has 1 N–H and O–H groups in total. The molecule has 0 bridgehead atoms. The van der Waals surface area contributed by atoms with Crippen LogP contribution in [0, 0.1) is 11.3 Å². The summed E-state index contributed by atoms with van der Waals surface area (Å²) in [5.41, 5.74) is 2.86. The maximum Gasteiger partial charge on any atom is 0.334 e. The van der Waals surface area contributed by atoms with Crippen molar-refractivity contribution in [1.82, 2.24) is 0 Å². The summed E-state index contributed by atoms with van der Waals surface area (Å²) < 4.78 is 5.52. The maximum absolute atomic E-state index is 11.7. The lowest BCUT2D eigenvalue weighted by Crippen LogP contribution is -2.46. The number of esters is 1. The average molecular weight is 248 g/mol. The van der Waals surface area contributed by atoms with Crippen LogP contribution in [0.5, 0.6) is 0 Å². The number of carbonyl (C=O) groups excluding carboxylic acids is 1. The Hall–Kier alpha value is -1.09. The topological polar surface area (TPSA) is 46.5 Å². The molecule has 0 aromatic rings. The van der Waals surface area contributed by atoms with Crippen molar-refractivity contribution in [2.75, 3.05) is 0 Å². The van der Waals surface area contributed by atoms with E-state index < -0.39 is 0 Å². The molecule has 0 amide bonds. The van der Waals surface area contributed by atoms with Gasteiger partial charge in [-0.15, -0.1) is 0 Å². The third-order valence-corrected chi connectivity index (χ3v) is 5.17. The molecule has 3 nitrogen and oxygen atoms in total. The molecule has 0 spiro atoms. The first-order chi connectivity index (χ1) is 8.45. The van der Waals surface area contributed by atoms with E-state index in [1.807, 2.05) is 0 Å². The van der Waals surface area contributed by atoms with Crippen LogP contribution in [0.1, 0.15) is 39.5 Å². The van der Waals surface area contributed by atoms with E-state index in [0.29, 0.717) is 5.57 Å². The van der Waals surface area contributed by atoms with Crippen molar-refractivity contribution in [3.8, 4) is 0 Å². The second-order valence-corrected chi connectivity index (χ2v) is 6.16. The Bertz CT molecular complexity index is 462. The first-order valence-electron chi connectivity index (χ1n) is 6.73. The van der Waals surface area contributed by atoms with E-state index in [2.05, 4.69) is 20.4 Å². The van der Waals surface area contributed by atoms with Crippen molar-refractivity contribution < 1.29 is 14.6 Å². The van der Waals surface area contributed by atoms with Crippen LogP contribution in [0.25, 0.3) is 0 Å². The molecule has 98 valence electrons. The van der Waals surface area contributed by atoms with Gasteiger partial charge in [0.25, 0.3) is 0 Å². The standard InChI is InChI=1S/C15H20O3/c1-8-4-5-11(16)15(3)7-6-10-9(2)14(17)18-13(10)12(8)15/h10-11,13,16H,2,4-7H2,1,3H3/t10-,11-,13+,15-/m0/s1. The fourth-order valence-electron chi connectivity index (χ4n) is 3.99. The largest absolute Gasteiger partial charge is 0.454 e. The number of aliphatic hydroxyl groups is 1. The number of ether oxygens (including phenoxy) is 1. The predicted octanol–water partition coefficient (Wildman–Crippen LogP) is 2.36. The van der Waals surface area contributed by atoms with Crippen molar-refractivity contribution in [3.05, 3.63) is 23.3 Å². The maximum atomic E-state index is 11.7. The van der Waals surface area contributed by atoms with Crippen LogP contribution in [0.2, 0.25) is 0 Å². The van der Waals surface area contributed by atoms with Gasteiger partial charge in [0.2, 0.25) is 0 Å². The lowest BCUT2D eigenvalue weighted by Gasteiger charge is -2.48. The number of fused-ring (bicyclic) bond motifs is 3. The van der Waals surface area contributed by atoms with Crippen molar-refractivity contribution in [2.24, 2.45) is 11.3 Å². The Kier molecular flexibility index (Phi) is 2.46. The summed E-state index contributed by atoms with van der Waals surface area (Å²) in [5, 5.41) is 10.3. The van der Waals surface area contributed by atoms with Crippen LogP contribution in [-0.4, -0.2) is 23.3 Å². The van der Waals surface area contributed by atoms with Crippen LogP contribution in [0.15, 0.2) is 23.3 Å². The number of carbonyl (C=O) groups is 1. The molecule has 1 saturated heterocycles. The summed E-state index contributed by atoms with van der Waals surface area (Å²) in [4.78, 5) is 11.7. The third-order valence-electron chi connectivity index (χ3n) is 5.17. The second-order valence-electron chi connectivity index (χ2n) is 6.16. The number of hydrogen-bond donors (Lipinski definition) is 1. The summed E-state index contributed by atoms with van der Waals surface area (Å²) in [5.74, 6) is -0.129. The Balaban J connectivity index is 2.08. The van der Waals surface area contributed by atoms with Gasteiger partial charge in [0.05, 0.1) is 6.10 Å². The molecule has 18 heavy (non-hydrogen) atoms. The zero-order valence-electron chi connectivity index (χ0n) is 11.0. The van der Waals surface area contributed by atoms with E-state index >= 15 is 0 Å². The summed E-state index contributed by atoms with van der Waals surface area (Å²) in [6.07, 6.45) is 3.04. The van der Waals surface area contributed by atoms with Crippen LogP contribution < -0.4 is 0 Å². The SMILES string of the molecule is C=C1C(=O)O[C@H]2C3=C(C)CC[C@H](O)[C@]3(C)CC[C@@H]12. The third kappa shape index (κ3) is 1.37. The molecule has 1 saturated carbocycles. The van der Waals surface area contributed by atoms with Crippen LogP contribution in [0.3, 0.4) is 0 Å². The second kappa shape index (κ2) is 3.70. The van der Waals surface area contributed by atoms with Crippen molar-refractivity contribution in [1.29, 1.82) is 0 Å². The average Bonchev–Trinajstić information content (AvgIpc) is 2.60. The van der Waals surface area contributed by atoms with Gasteiger partial charge in [-0.1, -0.05) is 19.1 Å². The van der Waals surface area contributed by atoms with Crippen molar-refractivity contribution >= 4 is 5.97 Å². The lowest BCUT2D eigenvalue weighted by atomic mass is 9.59. The molecule has 3 aliphatic rings. The molecule has 0 radical (unpaired) electrons. The molecule has 3 heteroatoms. The molecule has 1 aliphatic heterocycles. The molecule has 0 unspecified atom stereocenters. The Morgan fingerprint density at radius 1 is 1.44 bits per heavy atom. The Morgan fingerprint density at radius 3 is 2.89 bits per heavy atom. The zero-order chi connectivity index (χ0) is 13.1. The zero-order valence-corrected chi connectivity index (χ0v) is 11.0. The smallest absolute Gasteiger partial charge is 0.334 e. The van der Waals surface area contributed by atoms with Gasteiger partial charge < -0.3 is 9.84 Å². The minimum atomic E-state index is -0.315. The van der Waals surface area contributed by atoms with Crippen molar-refractivity contribution in [3.63, 3.8) is 0 Å². The highest BCUT2D eigenvalue weighted by Crippen LogP contribution is 2.55. The van der Waals surface area contributed by atoms with E-state index in [9.17, 15) is 9.90 Å². The lowest BCUT2D eigenvalue weighted by molar-refractivity contribution is -0.139. The fraction of sp³-hybridized carbons (Fsp3) is 0.667. The first-order valence-corrected chi connectivity index (χ1v) is 6.73. The van der Waals surface area contributed by atoms with E-state index in [1.54, 1.807) is 0 Å². The predicted molar refractivity (Wildman–Crippen MR) is 67.8 cm³/mol. The van der Waals surface area contributed by atoms with Gasteiger partial charge in [-0.3, -0.25) is 0 Å². The Labute approximate surface area is 108 Å². The highest BCUT2D eigenvalue weighted by atomic mass is 16.6. The summed E-state index contributed by atoms with van der Waals surface area (Å²) >= 11 is 0. The molecule has 0 aromatic carbocycles. The number of allylic oxidation sites excluding steroid dienone is 1. The summed E-state index contributed by atoms with van der Waals surface area (Å²) in [7, 11) is 0. The molecule has 4 atom stereocenters. The molecule has 3 rings (SSSR count). The van der Waals surface area contributed by atoms with E-state index in [-0.39, 0.29) is 29.5 Å². The van der Waals surface area contributed by atoms with E-state index in [4.69, 9.17) is 4.74 Å². The monoisotopic (exact) mass is 248 g/mol. The van der Waals surface area contributed by atoms with Gasteiger partial charge in [0, 0.05) is 16.9 Å². The van der Waals surface area contributed by atoms with Gasteiger partial charge in [0.15, 0.2) is 0 Å². The van der Waals surface area contributed by atoms with Gasteiger partial charge in [-0.05, 0) is 38.2 Å². The Morgan fingerprint density at radius 2 is 2.17 bits per heavy atom. The number of hydrogen-bond acceptors (Lipinski definition) is 3. The molecule has 2 aliphatic carbocycles. The molecule has 0 aromatic heterocycles. The molecular formula is C15H20O3. The van der Waals surface area contributed by atoms with Crippen LogP contribution in [0.4, 0.5) is 0 Å². The minimum absolute atomic E-state index is 0.126. The van der Waals surface area contributed by atoms with E-state index in [1.165, 1.54) is 11.1 Å². The van der Waals surface area contributed by atoms with Crippen LogP contribution in [-0.2, 0) is 9.53 Å². The van der Waals surface area contributed by atoms with Gasteiger partial charge >= 0.3 is 5.97 Å². The summed E-state index contributed by atoms with van der Waals surface area (Å²) in [6.45, 7) is 8.08. The molecule has 2 fully saturated rings. The first kappa shape index (κ1) is 12.0. The van der Waals surface area contributed by atoms with Gasteiger partial charge in [0.1, 0.15) is 6.10 Å². The minimum Gasteiger partial charge on any atom is -0.454 e. The number of aliphatic hydroxyl groups excluding tert-OH is 1. The normalized spacial score (nSPS) is 43.6. The van der Waals surface area contributed by atoms with Crippen molar-refractivity contribution in [2.45, 2.75) is 51.7 Å². The quantitative estimate of drug-likeness (QED) is 0.406. The highest BCUT2D eigenvalue weighted by Gasteiger charge is 2.54. The van der Waals surface area contributed by atoms with E-state index in [0.717, 1.165) is 25.7 Å². The number of rotatable bonds is 0. The summed E-state index contributed by atoms with van der Waals surface area (Å²) in [6, 6.07) is 0. The molecule has 1 heterocycles. The highest BCUT2D eigenvalue weighted by molar-refractivity contribution is 5.91. The fourth-order valence-corrected chi connectivity index (χ4v) is 3.99. The van der Waals surface area contributed by atoms with Gasteiger partial charge in [-0.2, -0.15) is 0 Å². The molecular weight excluding hydrogens is 228 g/mol. The van der Waals surface area contributed by atoms with Crippen LogP contribution >= 0.6 is 0 Å². The van der Waals surface area contributed by atoms with Gasteiger partial charge in [-0.25, -0.2) is 4.79 Å².